The number of halogens is 1. The van der Waals surface area contributed by atoms with Gasteiger partial charge in [-0.15, -0.1) is 0 Å². The lowest BCUT2D eigenvalue weighted by atomic mass is 9.90. The molecule has 1 fully saturated rings. The number of rotatable bonds is 6. The second-order valence-corrected chi connectivity index (χ2v) is 7.19. The van der Waals surface area contributed by atoms with Gasteiger partial charge in [-0.1, -0.05) is 37.6 Å². The monoisotopic (exact) mass is 324 g/mol. The lowest BCUT2D eigenvalue weighted by Crippen LogP contribution is -2.39. The maximum absolute atomic E-state index is 11.0. The Bertz CT molecular complexity index is 482. The molecule has 1 aromatic carbocycles. The third-order valence-electron chi connectivity index (χ3n) is 4.45. The number of hydrogen-bond acceptors (Lipinski definition) is 3. The molecule has 0 aromatic heterocycles. The van der Waals surface area contributed by atoms with E-state index in [4.69, 9.17) is 11.6 Å². The molecule has 3 atom stereocenters. The Labute approximate surface area is 137 Å². The van der Waals surface area contributed by atoms with Crippen LogP contribution in [-0.4, -0.2) is 36.0 Å². The fraction of sp³-hybridized carbons (Fsp3) is 0.647. The van der Waals surface area contributed by atoms with Crippen molar-refractivity contribution in [3.05, 3.63) is 45.0 Å². The van der Waals surface area contributed by atoms with E-state index in [2.05, 4.69) is 18.7 Å². The summed E-state index contributed by atoms with van der Waals surface area (Å²) in [7, 11) is 0. The summed E-state index contributed by atoms with van der Waals surface area (Å²) in [4.78, 5) is 13.2. The molecule has 0 saturated carbocycles. The zero-order chi connectivity index (χ0) is 16.1. The molecule has 0 aliphatic carbocycles. The van der Waals surface area contributed by atoms with Crippen molar-refractivity contribution >= 4 is 11.6 Å². The highest BCUT2D eigenvalue weighted by Crippen LogP contribution is 2.25. The smallest absolute Gasteiger partial charge is 0.210 e. The molecule has 122 valence electrons. The van der Waals surface area contributed by atoms with Crippen molar-refractivity contribution in [2.45, 2.75) is 32.6 Å². The van der Waals surface area contributed by atoms with Crippen LogP contribution in [0, 0.1) is 22.0 Å². The van der Waals surface area contributed by atoms with Crippen LogP contribution in [0.4, 0.5) is 0 Å². The van der Waals surface area contributed by atoms with Gasteiger partial charge in [0, 0.05) is 29.0 Å². The van der Waals surface area contributed by atoms with Gasteiger partial charge in [0.25, 0.3) is 0 Å². The lowest BCUT2D eigenvalue weighted by molar-refractivity contribution is -0.483. The number of piperidine rings is 1. The van der Waals surface area contributed by atoms with Gasteiger partial charge in [0.1, 0.15) is 0 Å². The van der Waals surface area contributed by atoms with Crippen LogP contribution in [0.5, 0.6) is 0 Å². The number of nitrogens with zero attached hydrogens (tertiary/aromatic N) is 2. The Hall–Kier alpha value is -1.13. The van der Waals surface area contributed by atoms with Gasteiger partial charge in [-0.2, -0.15) is 0 Å². The highest BCUT2D eigenvalue weighted by Gasteiger charge is 2.24. The van der Waals surface area contributed by atoms with Crippen molar-refractivity contribution in [2.24, 2.45) is 11.8 Å². The van der Waals surface area contributed by atoms with Crippen LogP contribution < -0.4 is 0 Å². The maximum Gasteiger partial charge on any atom is 0.210 e. The summed E-state index contributed by atoms with van der Waals surface area (Å²) in [6, 6.07) is 7.46. The Morgan fingerprint density at radius 3 is 2.41 bits per heavy atom. The first-order valence-corrected chi connectivity index (χ1v) is 8.41. The average molecular weight is 325 g/mol. The zero-order valence-electron chi connectivity index (χ0n) is 13.4. The van der Waals surface area contributed by atoms with Crippen molar-refractivity contribution < 1.29 is 4.92 Å². The molecule has 2 rings (SSSR count). The summed E-state index contributed by atoms with van der Waals surface area (Å²) < 4.78 is 0. The van der Waals surface area contributed by atoms with Gasteiger partial charge in [-0.05, 0) is 48.9 Å². The highest BCUT2D eigenvalue weighted by atomic mass is 35.5. The molecule has 1 aliphatic heterocycles. The molecule has 4 nitrogen and oxygen atoms in total. The Kier molecular flexibility index (Phi) is 6.21. The van der Waals surface area contributed by atoms with Crippen LogP contribution in [0.1, 0.15) is 38.2 Å². The van der Waals surface area contributed by atoms with E-state index in [1.54, 1.807) is 0 Å². The van der Waals surface area contributed by atoms with Gasteiger partial charge < -0.3 is 4.90 Å². The summed E-state index contributed by atoms with van der Waals surface area (Å²) in [5, 5.41) is 11.6. The second kappa shape index (κ2) is 7.93. The van der Waals surface area contributed by atoms with Crippen molar-refractivity contribution in [2.75, 3.05) is 26.2 Å². The molecular formula is C17H25ClN2O2. The topological polar surface area (TPSA) is 46.4 Å². The van der Waals surface area contributed by atoms with Crippen molar-refractivity contribution in [3.8, 4) is 0 Å². The average Bonchev–Trinajstić information content (AvgIpc) is 2.43. The van der Waals surface area contributed by atoms with E-state index in [-0.39, 0.29) is 17.4 Å². The molecule has 1 aromatic rings. The van der Waals surface area contributed by atoms with Gasteiger partial charge in [-0.25, -0.2) is 0 Å². The van der Waals surface area contributed by atoms with E-state index in [0.717, 1.165) is 31.6 Å². The fourth-order valence-corrected chi connectivity index (χ4v) is 3.72. The lowest BCUT2D eigenvalue weighted by Gasteiger charge is -2.35. The van der Waals surface area contributed by atoms with E-state index in [1.165, 1.54) is 6.42 Å². The SMILES string of the molecule is C[C@H]1C[C@H](C)CN(CC[C@@H](C[N+](=O)[O-])c2ccc(Cl)cc2)C1. The molecule has 0 spiro atoms. The summed E-state index contributed by atoms with van der Waals surface area (Å²) >= 11 is 5.91. The van der Waals surface area contributed by atoms with E-state index in [0.29, 0.717) is 16.9 Å². The van der Waals surface area contributed by atoms with Gasteiger partial charge in [0.2, 0.25) is 6.54 Å². The molecule has 0 radical (unpaired) electrons. The first-order valence-electron chi connectivity index (χ1n) is 8.03. The van der Waals surface area contributed by atoms with E-state index in [9.17, 15) is 10.1 Å². The van der Waals surface area contributed by atoms with E-state index in [1.807, 2.05) is 24.3 Å². The van der Waals surface area contributed by atoms with Gasteiger partial charge in [-0.3, -0.25) is 10.1 Å². The first-order chi connectivity index (χ1) is 10.4. The van der Waals surface area contributed by atoms with Crippen LogP contribution in [0.15, 0.2) is 24.3 Å². The molecule has 0 amide bonds. The third-order valence-corrected chi connectivity index (χ3v) is 4.70. The normalized spacial score (nSPS) is 24.1. The predicted molar refractivity (Wildman–Crippen MR) is 90.1 cm³/mol. The zero-order valence-corrected chi connectivity index (χ0v) is 14.1. The van der Waals surface area contributed by atoms with Crippen molar-refractivity contribution in [1.29, 1.82) is 0 Å². The standard InChI is InChI=1S/C17H25ClN2O2/c1-13-9-14(2)11-19(10-13)8-7-16(12-20(21)22)15-3-5-17(18)6-4-15/h3-6,13-14,16H,7-12H2,1-2H3/t13-,14-,16-/m0/s1. The van der Waals surface area contributed by atoms with Gasteiger partial charge in [0.15, 0.2) is 0 Å². The van der Waals surface area contributed by atoms with Gasteiger partial charge in [0.05, 0.1) is 0 Å². The summed E-state index contributed by atoms with van der Waals surface area (Å²) in [5.74, 6) is 1.39. The largest absolute Gasteiger partial charge is 0.303 e. The Morgan fingerprint density at radius 1 is 1.27 bits per heavy atom. The maximum atomic E-state index is 11.0. The third kappa shape index (κ3) is 5.25. The molecule has 22 heavy (non-hydrogen) atoms. The molecule has 1 aliphatic rings. The van der Waals surface area contributed by atoms with Crippen LogP contribution in [0.2, 0.25) is 5.02 Å². The van der Waals surface area contributed by atoms with Gasteiger partial charge >= 0.3 is 0 Å². The molecule has 0 unspecified atom stereocenters. The van der Waals surface area contributed by atoms with Crippen LogP contribution in [0.3, 0.4) is 0 Å². The van der Waals surface area contributed by atoms with Crippen molar-refractivity contribution in [1.82, 2.24) is 4.90 Å². The second-order valence-electron chi connectivity index (χ2n) is 6.76. The minimum atomic E-state index is -0.208. The number of nitro groups is 1. The summed E-state index contributed by atoms with van der Waals surface area (Å²) in [5.41, 5.74) is 1.01. The first kappa shape index (κ1) is 17.2. The van der Waals surface area contributed by atoms with Crippen LogP contribution >= 0.6 is 11.6 Å². The van der Waals surface area contributed by atoms with Crippen LogP contribution in [-0.2, 0) is 0 Å². The number of likely N-dealkylation sites (tertiary alicyclic amines) is 1. The highest BCUT2D eigenvalue weighted by molar-refractivity contribution is 6.30. The molecule has 1 saturated heterocycles. The van der Waals surface area contributed by atoms with E-state index < -0.39 is 0 Å². The molecule has 0 N–H and O–H groups in total. The summed E-state index contributed by atoms with van der Waals surface area (Å²) in [6.07, 6.45) is 2.11. The number of benzene rings is 1. The Balaban J connectivity index is 1.97. The Morgan fingerprint density at radius 2 is 1.86 bits per heavy atom. The minimum Gasteiger partial charge on any atom is -0.303 e. The molecule has 0 bridgehead atoms. The molecule has 1 heterocycles. The molecule has 5 heteroatoms. The predicted octanol–water partition coefficient (Wildman–Crippen LogP) is 4.07. The fourth-order valence-electron chi connectivity index (χ4n) is 3.59. The van der Waals surface area contributed by atoms with Crippen molar-refractivity contribution in [3.63, 3.8) is 0 Å². The quantitative estimate of drug-likeness (QED) is 0.585. The van der Waals surface area contributed by atoms with Crippen LogP contribution in [0.25, 0.3) is 0 Å². The molecular weight excluding hydrogens is 300 g/mol. The summed E-state index contributed by atoms with van der Waals surface area (Å²) in [6.45, 7) is 7.70. The van der Waals surface area contributed by atoms with E-state index >= 15 is 0 Å². The number of hydrogen-bond donors (Lipinski definition) is 0. The minimum absolute atomic E-state index is 0.0133.